The number of likely N-dealkylation sites (tertiary alicyclic amines) is 1. The van der Waals surface area contributed by atoms with Crippen molar-refractivity contribution in [1.29, 1.82) is 0 Å². The fraction of sp³-hybridized carbons (Fsp3) is 0.600. The van der Waals surface area contributed by atoms with Crippen LogP contribution in [0.4, 0.5) is 0 Å². The summed E-state index contributed by atoms with van der Waals surface area (Å²) in [5.74, 6) is 1.97. The number of piperidine rings is 1. The lowest BCUT2D eigenvalue weighted by Crippen LogP contribution is -2.61. The van der Waals surface area contributed by atoms with Crippen LogP contribution in [0.25, 0.3) is 5.57 Å². The zero-order valence-electron chi connectivity index (χ0n) is 17.6. The van der Waals surface area contributed by atoms with Gasteiger partial charge in [0.15, 0.2) is 0 Å². The molecule has 150 valence electrons. The van der Waals surface area contributed by atoms with Gasteiger partial charge in [0.05, 0.1) is 0 Å². The van der Waals surface area contributed by atoms with Crippen molar-refractivity contribution in [1.82, 2.24) is 9.88 Å². The van der Waals surface area contributed by atoms with E-state index in [1.165, 1.54) is 30.4 Å². The Labute approximate surface area is 169 Å². The number of aromatic nitrogens is 1. The maximum Gasteiger partial charge on any atom is 0.210 e. The first-order valence-corrected chi connectivity index (χ1v) is 11.0. The summed E-state index contributed by atoms with van der Waals surface area (Å²) in [6.45, 7) is 7.90. The molecule has 0 N–H and O–H groups in total. The number of allylic oxidation sites excluding steroid dienone is 3. The van der Waals surface area contributed by atoms with Crippen molar-refractivity contribution in [2.45, 2.75) is 64.8 Å². The van der Waals surface area contributed by atoms with E-state index in [2.05, 4.69) is 61.0 Å². The first-order chi connectivity index (χ1) is 13.5. The van der Waals surface area contributed by atoms with E-state index in [1.807, 2.05) is 12.4 Å². The molecule has 1 aromatic rings. The van der Waals surface area contributed by atoms with Crippen LogP contribution in [-0.2, 0) is 4.79 Å². The summed E-state index contributed by atoms with van der Waals surface area (Å²) in [6, 6.07) is 4.27. The number of fused-ring (bicyclic) bond motifs is 3. The largest absolute Gasteiger partial charge is 0.339 e. The summed E-state index contributed by atoms with van der Waals surface area (Å²) >= 11 is 0. The van der Waals surface area contributed by atoms with E-state index in [9.17, 15) is 4.79 Å². The summed E-state index contributed by atoms with van der Waals surface area (Å²) in [5, 5.41) is 0. The SMILES string of the molecule is CC/C=C\CC1(C)C2CCC3(C)C(c4cccnc4)=CCC3C2CCN1C=O. The number of nitrogens with zero attached hydrogens (tertiary/aromatic N) is 2. The summed E-state index contributed by atoms with van der Waals surface area (Å²) in [6.07, 6.45) is 18.8. The summed E-state index contributed by atoms with van der Waals surface area (Å²) in [7, 11) is 0. The number of amides is 1. The highest BCUT2D eigenvalue weighted by atomic mass is 16.1. The second kappa shape index (κ2) is 7.50. The van der Waals surface area contributed by atoms with Crippen LogP contribution in [0.3, 0.4) is 0 Å². The molecule has 0 bridgehead atoms. The quantitative estimate of drug-likeness (QED) is 0.501. The Morgan fingerprint density at radius 2 is 2.11 bits per heavy atom. The van der Waals surface area contributed by atoms with E-state index in [4.69, 9.17) is 0 Å². The molecule has 2 aliphatic carbocycles. The zero-order chi connectivity index (χ0) is 19.8. The first-order valence-electron chi connectivity index (χ1n) is 11.0. The highest BCUT2D eigenvalue weighted by Gasteiger charge is 2.57. The van der Waals surface area contributed by atoms with Gasteiger partial charge in [-0.2, -0.15) is 0 Å². The zero-order valence-corrected chi connectivity index (χ0v) is 17.6. The number of carbonyl (C=O) groups is 1. The third-order valence-corrected chi connectivity index (χ3v) is 8.21. The molecule has 1 saturated heterocycles. The van der Waals surface area contributed by atoms with Gasteiger partial charge in [0.25, 0.3) is 0 Å². The molecular formula is C25H34N2O. The number of carbonyl (C=O) groups excluding carboxylic acids is 1. The van der Waals surface area contributed by atoms with Gasteiger partial charge in [-0.3, -0.25) is 9.78 Å². The van der Waals surface area contributed by atoms with Gasteiger partial charge in [-0.05, 0) is 85.8 Å². The molecule has 2 heterocycles. The van der Waals surface area contributed by atoms with Gasteiger partial charge in [0.1, 0.15) is 0 Å². The highest BCUT2D eigenvalue weighted by Crippen LogP contribution is 2.63. The summed E-state index contributed by atoms with van der Waals surface area (Å²) in [4.78, 5) is 18.4. The molecule has 1 amide bonds. The van der Waals surface area contributed by atoms with Crippen LogP contribution in [0.5, 0.6) is 0 Å². The molecule has 0 radical (unpaired) electrons. The van der Waals surface area contributed by atoms with E-state index in [0.29, 0.717) is 17.8 Å². The van der Waals surface area contributed by atoms with Crippen molar-refractivity contribution in [2.75, 3.05) is 6.54 Å². The third-order valence-electron chi connectivity index (χ3n) is 8.21. The molecule has 28 heavy (non-hydrogen) atoms. The van der Waals surface area contributed by atoms with Crippen molar-refractivity contribution in [3.8, 4) is 0 Å². The number of hydrogen-bond donors (Lipinski definition) is 0. The standard InChI is InChI=1S/C25H34N2O/c1-4-5-6-13-25(3)23-11-14-24(2)21(19-8-7-15-26-17-19)9-10-22(24)20(23)12-16-27(25)18-28/h5-9,15,17-18,20,22-23H,4,10-14,16H2,1-3H3/b6-5-. The van der Waals surface area contributed by atoms with E-state index in [1.54, 1.807) is 0 Å². The normalized spacial score (nSPS) is 37.5. The van der Waals surface area contributed by atoms with Gasteiger partial charge in [-0.15, -0.1) is 0 Å². The predicted octanol–water partition coefficient (Wildman–Crippen LogP) is 5.49. The van der Waals surface area contributed by atoms with Gasteiger partial charge >= 0.3 is 0 Å². The maximum absolute atomic E-state index is 11.9. The number of hydrogen-bond acceptors (Lipinski definition) is 2. The molecule has 4 rings (SSSR count). The van der Waals surface area contributed by atoms with Crippen LogP contribution in [0.2, 0.25) is 0 Å². The average Bonchev–Trinajstić information content (AvgIpc) is 3.06. The molecule has 5 atom stereocenters. The first kappa shape index (κ1) is 19.4. The minimum absolute atomic E-state index is 0.0469. The van der Waals surface area contributed by atoms with Crippen LogP contribution in [0, 0.1) is 23.2 Å². The maximum atomic E-state index is 11.9. The Hall–Kier alpha value is -1.90. The van der Waals surface area contributed by atoms with Crippen LogP contribution >= 0.6 is 0 Å². The van der Waals surface area contributed by atoms with Crippen molar-refractivity contribution in [2.24, 2.45) is 23.2 Å². The molecule has 1 aliphatic heterocycles. The van der Waals surface area contributed by atoms with Gasteiger partial charge in [-0.25, -0.2) is 0 Å². The molecular weight excluding hydrogens is 344 g/mol. The second-order valence-electron chi connectivity index (χ2n) is 9.46. The molecule has 3 heteroatoms. The molecule has 2 fully saturated rings. The van der Waals surface area contributed by atoms with Crippen LogP contribution in [0.15, 0.2) is 42.8 Å². The second-order valence-corrected chi connectivity index (χ2v) is 9.46. The van der Waals surface area contributed by atoms with Gasteiger partial charge in [-0.1, -0.05) is 38.1 Å². The lowest BCUT2D eigenvalue weighted by molar-refractivity contribution is -0.137. The van der Waals surface area contributed by atoms with E-state index in [0.717, 1.165) is 32.2 Å². The Balaban J connectivity index is 1.63. The molecule has 3 nitrogen and oxygen atoms in total. The minimum atomic E-state index is -0.0469. The fourth-order valence-electron chi connectivity index (χ4n) is 6.69. The highest BCUT2D eigenvalue weighted by molar-refractivity contribution is 5.72. The van der Waals surface area contributed by atoms with Crippen LogP contribution in [-0.4, -0.2) is 28.4 Å². The van der Waals surface area contributed by atoms with E-state index < -0.39 is 0 Å². The summed E-state index contributed by atoms with van der Waals surface area (Å²) in [5.41, 5.74) is 3.00. The molecule has 1 saturated carbocycles. The Kier molecular flexibility index (Phi) is 5.20. The van der Waals surface area contributed by atoms with E-state index >= 15 is 0 Å². The van der Waals surface area contributed by atoms with Gasteiger partial charge in [0, 0.05) is 24.5 Å². The van der Waals surface area contributed by atoms with Gasteiger partial charge < -0.3 is 4.90 Å². The topological polar surface area (TPSA) is 33.2 Å². The lowest BCUT2D eigenvalue weighted by atomic mass is 9.52. The molecule has 0 spiro atoms. The minimum Gasteiger partial charge on any atom is -0.339 e. The Bertz CT molecular complexity index is 770. The predicted molar refractivity (Wildman–Crippen MR) is 114 cm³/mol. The van der Waals surface area contributed by atoms with Crippen molar-refractivity contribution in [3.05, 3.63) is 48.3 Å². The fourth-order valence-corrected chi connectivity index (χ4v) is 6.69. The number of pyridine rings is 1. The molecule has 3 aliphatic rings. The molecule has 0 aromatic carbocycles. The van der Waals surface area contributed by atoms with Crippen molar-refractivity contribution < 1.29 is 4.79 Å². The number of rotatable bonds is 5. The Morgan fingerprint density at radius 3 is 2.82 bits per heavy atom. The smallest absolute Gasteiger partial charge is 0.210 e. The van der Waals surface area contributed by atoms with E-state index in [-0.39, 0.29) is 11.0 Å². The van der Waals surface area contributed by atoms with Gasteiger partial charge in [0.2, 0.25) is 6.41 Å². The van der Waals surface area contributed by atoms with Crippen LogP contribution in [0.1, 0.15) is 64.9 Å². The lowest BCUT2D eigenvalue weighted by Gasteiger charge is -2.59. The monoisotopic (exact) mass is 378 g/mol. The third kappa shape index (κ3) is 2.94. The van der Waals surface area contributed by atoms with Crippen molar-refractivity contribution in [3.63, 3.8) is 0 Å². The van der Waals surface area contributed by atoms with Crippen LogP contribution < -0.4 is 0 Å². The summed E-state index contributed by atoms with van der Waals surface area (Å²) < 4.78 is 0. The molecule has 5 unspecified atom stereocenters. The molecule has 1 aromatic heterocycles. The Morgan fingerprint density at radius 1 is 1.25 bits per heavy atom. The average molecular weight is 379 g/mol. The van der Waals surface area contributed by atoms with Crippen molar-refractivity contribution >= 4 is 12.0 Å².